The van der Waals surface area contributed by atoms with Crippen LogP contribution in [0.3, 0.4) is 0 Å². The summed E-state index contributed by atoms with van der Waals surface area (Å²) in [4.78, 5) is 27.0. The zero-order valence-corrected chi connectivity index (χ0v) is 17.9. The number of aliphatic hydroxyl groups excluding tert-OH is 2. The Bertz CT molecular complexity index is 1360. The molecule has 7 N–H and O–H groups in total. The molecule has 1 aliphatic rings. The molecule has 4 rings (SSSR count). The zero-order valence-electron chi connectivity index (χ0n) is 17.9. The maximum Gasteiger partial charge on any atom is 0.332 e. The number of aromatic nitrogens is 2. The molecular weight excluding hydrogens is 469 g/mol. The summed E-state index contributed by atoms with van der Waals surface area (Å²) in [5.41, 5.74) is -6.28. The number of benzene rings is 2. The second-order valence-electron chi connectivity index (χ2n) is 7.96. The largest absolute Gasteiger partial charge is 0.508 e. The highest BCUT2D eigenvalue weighted by Gasteiger charge is 2.70. The Morgan fingerprint density at radius 1 is 1.09 bits per heavy atom. The molecule has 0 saturated carbocycles. The van der Waals surface area contributed by atoms with Gasteiger partial charge in [-0.3, -0.25) is 9.78 Å². The van der Waals surface area contributed by atoms with Crippen molar-refractivity contribution in [2.45, 2.75) is 30.4 Å². The van der Waals surface area contributed by atoms with Crippen molar-refractivity contribution in [3.63, 3.8) is 0 Å². The number of hydrogen-bond donors (Lipinski definition) is 7. The second-order valence-corrected chi connectivity index (χ2v) is 7.96. The molecule has 0 spiro atoms. The summed E-state index contributed by atoms with van der Waals surface area (Å²) in [5, 5.41) is 63.9. The molecular formula is C22H22FN3O9. The van der Waals surface area contributed by atoms with Gasteiger partial charge in [0.1, 0.15) is 23.8 Å². The van der Waals surface area contributed by atoms with Crippen molar-refractivity contribution in [2.75, 3.05) is 6.61 Å². The van der Waals surface area contributed by atoms with Gasteiger partial charge in [0.2, 0.25) is 5.72 Å². The molecule has 1 aromatic heterocycles. The number of hydrogen-bond acceptors (Lipinski definition) is 10. The second kappa shape index (κ2) is 8.98. The summed E-state index contributed by atoms with van der Waals surface area (Å²) in [7, 11) is 0. The fourth-order valence-electron chi connectivity index (χ4n) is 4.00. The Morgan fingerprint density at radius 2 is 1.74 bits per heavy atom. The number of halogens is 1. The average Bonchev–Trinajstić information content (AvgIpc) is 3.03. The highest BCUT2D eigenvalue weighted by Crippen LogP contribution is 2.44. The molecule has 186 valence electrons. The number of para-hydroxylation sites is 1. The smallest absolute Gasteiger partial charge is 0.332 e. The summed E-state index contributed by atoms with van der Waals surface area (Å²) in [6.45, 7) is -1.66. The van der Waals surface area contributed by atoms with Gasteiger partial charge in [-0.15, -0.1) is 5.06 Å². The van der Waals surface area contributed by atoms with E-state index in [0.29, 0.717) is 6.20 Å². The molecule has 13 heteroatoms. The first-order valence-electron chi connectivity index (χ1n) is 10.3. The molecule has 0 radical (unpaired) electrons. The highest BCUT2D eigenvalue weighted by molar-refractivity contribution is 5.62. The lowest BCUT2D eigenvalue weighted by Gasteiger charge is -2.42. The minimum Gasteiger partial charge on any atom is -0.508 e. The molecule has 1 fully saturated rings. The van der Waals surface area contributed by atoms with E-state index in [-0.39, 0.29) is 26.5 Å². The quantitative estimate of drug-likeness (QED) is 0.166. The molecule has 0 aliphatic carbocycles. The lowest BCUT2D eigenvalue weighted by atomic mass is 9.99. The first-order chi connectivity index (χ1) is 16.5. The van der Waals surface area contributed by atoms with Crippen molar-refractivity contribution in [3.8, 4) is 16.9 Å². The van der Waals surface area contributed by atoms with Gasteiger partial charge in [-0.25, -0.2) is 13.8 Å². The number of phenols is 1. The van der Waals surface area contributed by atoms with Crippen molar-refractivity contribution < 1.29 is 39.9 Å². The van der Waals surface area contributed by atoms with Gasteiger partial charge < -0.3 is 35.5 Å². The Kier molecular flexibility index (Phi) is 6.33. The molecule has 12 nitrogen and oxygen atoms in total. The lowest BCUT2D eigenvalue weighted by Crippen LogP contribution is -2.68. The van der Waals surface area contributed by atoms with E-state index in [4.69, 9.17) is 4.74 Å². The van der Waals surface area contributed by atoms with Crippen LogP contribution in [0.2, 0.25) is 0 Å². The molecule has 4 atom stereocenters. The van der Waals surface area contributed by atoms with E-state index in [1.54, 1.807) is 0 Å². The third kappa shape index (κ3) is 3.84. The van der Waals surface area contributed by atoms with Crippen molar-refractivity contribution >= 4 is 0 Å². The molecule has 0 amide bonds. The fraction of sp³-hybridized carbons (Fsp3) is 0.273. The van der Waals surface area contributed by atoms with Gasteiger partial charge in [-0.1, -0.05) is 36.4 Å². The van der Waals surface area contributed by atoms with Crippen LogP contribution in [0.1, 0.15) is 5.56 Å². The fourth-order valence-corrected chi connectivity index (χ4v) is 4.00. The number of aromatic hydroxyl groups is 1. The van der Waals surface area contributed by atoms with Crippen molar-refractivity contribution in [3.05, 3.63) is 86.9 Å². The minimum atomic E-state index is -3.32. The normalized spacial score (nSPS) is 26.4. The first-order valence-corrected chi connectivity index (χ1v) is 10.3. The molecule has 1 aliphatic heterocycles. The summed E-state index contributed by atoms with van der Waals surface area (Å²) < 4.78 is 19.9. The van der Waals surface area contributed by atoms with Crippen LogP contribution in [-0.4, -0.2) is 69.9 Å². The zero-order chi connectivity index (χ0) is 25.5. The van der Waals surface area contributed by atoms with Crippen molar-refractivity contribution in [1.82, 2.24) is 14.6 Å². The maximum absolute atomic E-state index is 14.4. The number of rotatable bonds is 6. The number of ether oxygens (including phenoxy) is 1. The number of phenolic OH excluding ortho intramolecular Hbond substituents is 1. The standard InChI is InChI=1S/C22H22FN3O9/c23-15-7-3-2-6-13(15)14-10-25(20(31)24-19(14)30)22(33)21(32,18(29)17(11-27)35-22)26(34)9-12-5-1-4-8-16(12)28/h1-8,10,17-18,27-29,32-34H,9,11H2,(H,24,30,31)/t17-,18-,21-,22-/m1/s1. The van der Waals surface area contributed by atoms with E-state index in [9.17, 15) is 44.7 Å². The summed E-state index contributed by atoms with van der Waals surface area (Å²) >= 11 is 0. The molecule has 2 aromatic carbocycles. The predicted molar refractivity (Wildman–Crippen MR) is 115 cm³/mol. The van der Waals surface area contributed by atoms with Crippen LogP contribution in [-0.2, 0) is 17.2 Å². The number of aromatic amines is 1. The van der Waals surface area contributed by atoms with Crippen LogP contribution in [0.15, 0.2) is 64.3 Å². The molecule has 2 heterocycles. The first kappa shape index (κ1) is 24.7. The number of nitrogens with zero attached hydrogens (tertiary/aromatic N) is 2. The number of hydroxylamine groups is 2. The van der Waals surface area contributed by atoms with Gasteiger partial charge in [0.25, 0.3) is 5.56 Å². The monoisotopic (exact) mass is 491 g/mol. The molecule has 0 unspecified atom stereocenters. The molecule has 1 saturated heterocycles. The van der Waals surface area contributed by atoms with Crippen molar-refractivity contribution in [2.24, 2.45) is 0 Å². The van der Waals surface area contributed by atoms with E-state index in [0.717, 1.165) is 6.07 Å². The third-order valence-electron chi connectivity index (χ3n) is 5.88. The van der Waals surface area contributed by atoms with E-state index < -0.39 is 59.6 Å². The van der Waals surface area contributed by atoms with Crippen LogP contribution < -0.4 is 11.2 Å². The number of aliphatic hydroxyl groups is 4. The van der Waals surface area contributed by atoms with E-state index in [1.165, 1.54) is 42.5 Å². The van der Waals surface area contributed by atoms with Crippen LogP contribution in [0.5, 0.6) is 5.75 Å². The average molecular weight is 491 g/mol. The Morgan fingerprint density at radius 3 is 2.40 bits per heavy atom. The topological polar surface area (TPSA) is 189 Å². The summed E-state index contributed by atoms with van der Waals surface area (Å²) in [6.07, 6.45) is -3.26. The summed E-state index contributed by atoms with van der Waals surface area (Å²) in [6, 6.07) is 10.7. The Hall–Kier alpha value is -3.43. The van der Waals surface area contributed by atoms with Crippen LogP contribution in [0, 0.1) is 5.82 Å². The van der Waals surface area contributed by atoms with E-state index in [1.807, 2.05) is 4.98 Å². The molecule has 3 aromatic rings. The van der Waals surface area contributed by atoms with Gasteiger partial charge in [-0.2, -0.15) is 0 Å². The van der Waals surface area contributed by atoms with Crippen LogP contribution in [0.25, 0.3) is 11.1 Å². The Balaban J connectivity index is 1.89. The van der Waals surface area contributed by atoms with Crippen molar-refractivity contribution in [1.29, 1.82) is 0 Å². The predicted octanol–water partition coefficient (Wildman–Crippen LogP) is -1.02. The lowest BCUT2D eigenvalue weighted by molar-refractivity contribution is -0.413. The Labute approximate surface area is 195 Å². The molecule has 0 bridgehead atoms. The van der Waals surface area contributed by atoms with Gasteiger partial charge in [-0.05, 0) is 12.1 Å². The highest BCUT2D eigenvalue weighted by atomic mass is 19.1. The number of H-pyrrole nitrogens is 1. The van der Waals surface area contributed by atoms with Gasteiger partial charge in [0, 0.05) is 17.3 Å². The van der Waals surface area contributed by atoms with Crippen LogP contribution in [0.4, 0.5) is 4.39 Å². The SMILES string of the molecule is O=c1[nH]c(=O)n([C@]2(O)O[C@H](CO)[C@@H](O)[C@]2(O)N(O)Cc2ccccc2O)cc1-c1ccccc1F. The summed E-state index contributed by atoms with van der Waals surface area (Å²) in [5.74, 6) is -4.46. The molecule has 35 heavy (non-hydrogen) atoms. The maximum atomic E-state index is 14.4. The van der Waals surface area contributed by atoms with Gasteiger partial charge in [0.15, 0.2) is 0 Å². The van der Waals surface area contributed by atoms with Gasteiger partial charge in [0.05, 0.1) is 18.7 Å². The van der Waals surface area contributed by atoms with Crippen LogP contribution >= 0.6 is 0 Å². The van der Waals surface area contributed by atoms with E-state index >= 15 is 0 Å². The van der Waals surface area contributed by atoms with E-state index in [2.05, 4.69) is 0 Å². The minimum absolute atomic E-state index is 0.0166. The van der Waals surface area contributed by atoms with Gasteiger partial charge >= 0.3 is 11.6 Å². The number of nitrogens with one attached hydrogen (secondary N) is 1. The third-order valence-corrected chi connectivity index (χ3v) is 5.88.